The van der Waals surface area contributed by atoms with E-state index < -0.39 is 17.7 Å². The van der Waals surface area contributed by atoms with Crippen LogP contribution >= 0.6 is 23.2 Å². The molecule has 0 spiro atoms. The zero-order valence-electron chi connectivity index (χ0n) is 24.4. The lowest BCUT2D eigenvalue weighted by molar-refractivity contribution is -0.109. The van der Waals surface area contributed by atoms with Crippen LogP contribution in [0, 0.1) is 17.2 Å². The molecule has 2 amide bonds. The number of halogens is 4. The fourth-order valence-electron chi connectivity index (χ4n) is 3.66. The van der Waals surface area contributed by atoms with Crippen LogP contribution < -0.4 is 16.0 Å². The lowest BCUT2D eigenvalue weighted by Gasteiger charge is -2.21. The molecule has 41 heavy (non-hydrogen) atoms. The van der Waals surface area contributed by atoms with Crippen LogP contribution in [0.5, 0.6) is 0 Å². The summed E-state index contributed by atoms with van der Waals surface area (Å²) in [5.74, 6) is -1.02. The molecule has 1 aliphatic rings. The number of aliphatic hydroxyl groups excluding tert-OH is 2. The van der Waals surface area contributed by atoms with Crippen LogP contribution in [-0.2, 0) is 9.59 Å². The fraction of sp³-hybridized carbons (Fsp3) is 0.533. The van der Waals surface area contributed by atoms with E-state index >= 15 is 0 Å². The summed E-state index contributed by atoms with van der Waals surface area (Å²) in [6.45, 7) is 13.7. The number of unbranched alkanes of at least 4 members (excludes halogenated alkanes) is 1. The minimum absolute atomic E-state index is 0.00876. The van der Waals surface area contributed by atoms with Crippen molar-refractivity contribution in [3.8, 4) is 0 Å². The molecule has 1 heterocycles. The van der Waals surface area contributed by atoms with E-state index in [1.54, 1.807) is 6.08 Å². The van der Waals surface area contributed by atoms with Crippen LogP contribution in [0.25, 0.3) is 0 Å². The Balaban J connectivity index is 0.000000828. The smallest absolute Gasteiger partial charge is 0.211 e. The van der Waals surface area contributed by atoms with Crippen molar-refractivity contribution in [3.63, 3.8) is 0 Å². The average Bonchev–Trinajstić information content (AvgIpc) is 3.36. The summed E-state index contributed by atoms with van der Waals surface area (Å²) in [6, 6.07) is 2.79. The minimum atomic E-state index is -0.687. The van der Waals surface area contributed by atoms with Gasteiger partial charge in [0.05, 0.1) is 22.8 Å². The summed E-state index contributed by atoms with van der Waals surface area (Å²) >= 11 is 11.5. The lowest BCUT2D eigenvalue weighted by atomic mass is 9.85. The van der Waals surface area contributed by atoms with E-state index in [0.29, 0.717) is 55.4 Å². The first-order chi connectivity index (χ1) is 19.2. The molecule has 3 atom stereocenters. The molecule has 0 aliphatic carbocycles. The van der Waals surface area contributed by atoms with E-state index in [-0.39, 0.29) is 28.5 Å². The lowest BCUT2D eigenvalue weighted by Crippen LogP contribution is -2.15. The highest BCUT2D eigenvalue weighted by atomic mass is 35.5. The topological polar surface area (TPSA) is 111 Å². The Morgan fingerprint density at radius 1 is 1.22 bits per heavy atom. The number of rotatable bonds is 14. The van der Waals surface area contributed by atoms with E-state index in [0.717, 1.165) is 19.4 Å². The number of nitrogens with one attached hydrogen (secondary N) is 3. The highest BCUT2D eigenvalue weighted by molar-refractivity contribution is 6.31. The van der Waals surface area contributed by atoms with Gasteiger partial charge in [0.25, 0.3) is 0 Å². The molecule has 0 aromatic heterocycles. The second-order valence-corrected chi connectivity index (χ2v) is 11.9. The van der Waals surface area contributed by atoms with E-state index in [2.05, 4.69) is 50.2 Å². The van der Waals surface area contributed by atoms with E-state index in [9.17, 15) is 18.4 Å². The Bertz CT molecular complexity index is 995. The highest BCUT2D eigenvalue weighted by Crippen LogP contribution is 2.37. The van der Waals surface area contributed by atoms with Gasteiger partial charge in [-0.15, -0.1) is 0 Å². The van der Waals surface area contributed by atoms with Crippen LogP contribution in [-0.4, -0.2) is 55.4 Å². The van der Waals surface area contributed by atoms with Crippen molar-refractivity contribution in [2.75, 3.05) is 31.6 Å². The van der Waals surface area contributed by atoms with Gasteiger partial charge in [0.15, 0.2) is 0 Å². The van der Waals surface area contributed by atoms with Gasteiger partial charge in [-0.1, -0.05) is 69.6 Å². The maximum Gasteiger partial charge on any atom is 0.211 e. The van der Waals surface area contributed by atoms with Crippen molar-refractivity contribution in [2.24, 2.45) is 11.3 Å². The first-order valence-electron chi connectivity index (χ1n) is 13.5. The first-order valence-corrected chi connectivity index (χ1v) is 14.2. The van der Waals surface area contributed by atoms with Crippen LogP contribution in [0.4, 0.5) is 14.5 Å². The molecule has 1 fully saturated rings. The fourth-order valence-corrected chi connectivity index (χ4v) is 3.89. The normalized spacial score (nSPS) is 17.6. The standard InChI is InChI=1S/C18H18Cl2F2N2O.C7H15NO3.C5H12/c1-11(21)15(19)5-3-2-4-12-8-23-9-14(12)13-6-17(22)16(20)7-18(13)24-10-25;9-5-7(11)3-1-2-4-8-6-10;1-5(2,3)4/h2-3,5-7,10,12,14,23H,1,4,8-9H2,(H,24,25);6-7,9,11H,1-5H2,(H,8,10);1-4H3/b3-2-,15-5+;;/t12-,14+;;/m0../s1. The maximum atomic E-state index is 13.9. The number of amides is 2. The summed E-state index contributed by atoms with van der Waals surface area (Å²) in [5, 5.41) is 25.6. The predicted octanol–water partition coefficient (Wildman–Crippen LogP) is 6.21. The molecule has 1 aromatic rings. The Labute approximate surface area is 253 Å². The van der Waals surface area contributed by atoms with Gasteiger partial charge in [-0.2, -0.15) is 0 Å². The number of carbonyl (C=O) groups is 2. The monoisotopic (exact) mass is 619 g/mol. The SMILES string of the molecule is C=C(F)/C(Cl)=C\C=C/C[C@H]1CNC[C@H]1c1cc(F)c(Cl)cc1NC=O.CC(C)(C)C.O=CNCCCCC(O)CO. The first kappa shape index (κ1) is 38.7. The van der Waals surface area contributed by atoms with Crippen molar-refractivity contribution in [2.45, 2.75) is 65.4 Å². The molecule has 1 unspecified atom stereocenters. The molecule has 0 bridgehead atoms. The zero-order chi connectivity index (χ0) is 31.4. The van der Waals surface area contributed by atoms with Gasteiger partial charge in [0.1, 0.15) is 11.6 Å². The molecule has 2 rings (SSSR count). The zero-order valence-corrected chi connectivity index (χ0v) is 25.9. The molecule has 1 aromatic carbocycles. The summed E-state index contributed by atoms with van der Waals surface area (Å²) in [4.78, 5) is 20.6. The summed E-state index contributed by atoms with van der Waals surface area (Å²) < 4.78 is 26.7. The van der Waals surface area contributed by atoms with Gasteiger partial charge < -0.3 is 26.2 Å². The van der Waals surface area contributed by atoms with E-state index in [1.165, 1.54) is 18.2 Å². The summed E-state index contributed by atoms with van der Waals surface area (Å²) in [6.07, 6.45) is 8.50. The van der Waals surface area contributed by atoms with Crippen LogP contribution in [0.2, 0.25) is 5.02 Å². The molecule has 11 heteroatoms. The van der Waals surface area contributed by atoms with Crippen molar-refractivity contribution >= 4 is 41.7 Å². The number of benzene rings is 1. The van der Waals surface area contributed by atoms with Crippen molar-refractivity contribution in [1.82, 2.24) is 10.6 Å². The van der Waals surface area contributed by atoms with Crippen LogP contribution in [0.3, 0.4) is 0 Å². The van der Waals surface area contributed by atoms with Gasteiger partial charge in [0, 0.05) is 24.7 Å². The maximum absolute atomic E-state index is 13.9. The van der Waals surface area contributed by atoms with E-state index in [4.69, 9.17) is 33.4 Å². The Morgan fingerprint density at radius 3 is 2.44 bits per heavy atom. The Morgan fingerprint density at radius 2 is 1.88 bits per heavy atom. The third kappa shape index (κ3) is 18.7. The third-order valence-electron chi connectivity index (χ3n) is 5.53. The van der Waals surface area contributed by atoms with Crippen LogP contribution in [0.1, 0.15) is 64.9 Å². The van der Waals surface area contributed by atoms with Gasteiger partial charge in [-0.25, -0.2) is 8.78 Å². The molecule has 5 N–H and O–H groups in total. The van der Waals surface area contributed by atoms with Crippen molar-refractivity contribution in [1.29, 1.82) is 0 Å². The van der Waals surface area contributed by atoms with Crippen molar-refractivity contribution in [3.05, 3.63) is 64.2 Å². The third-order valence-corrected chi connectivity index (χ3v) is 6.15. The molecule has 7 nitrogen and oxygen atoms in total. The quantitative estimate of drug-likeness (QED) is 0.0965. The number of hydrogen-bond acceptors (Lipinski definition) is 5. The second kappa shape index (κ2) is 21.4. The van der Waals surface area contributed by atoms with Crippen LogP contribution in [0.15, 0.2) is 47.8 Å². The molecule has 1 aliphatic heterocycles. The molecular weight excluding hydrogens is 575 g/mol. The number of allylic oxidation sites excluding steroid dienone is 5. The van der Waals surface area contributed by atoms with Gasteiger partial charge >= 0.3 is 0 Å². The van der Waals surface area contributed by atoms with Crippen molar-refractivity contribution < 1.29 is 28.6 Å². The molecular formula is C30H45Cl2F2N3O4. The Kier molecular flexibility index (Phi) is 20.2. The molecule has 1 saturated heterocycles. The number of aliphatic hydroxyl groups is 2. The number of hydrogen-bond donors (Lipinski definition) is 5. The van der Waals surface area contributed by atoms with E-state index in [1.807, 2.05) is 6.08 Å². The number of anilines is 1. The predicted molar refractivity (Wildman–Crippen MR) is 164 cm³/mol. The highest BCUT2D eigenvalue weighted by Gasteiger charge is 2.30. The Hall–Kier alpha value is -2.30. The minimum Gasteiger partial charge on any atom is -0.394 e. The average molecular weight is 621 g/mol. The van der Waals surface area contributed by atoms with Gasteiger partial charge in [-0.05, 0) is 67.3 Å². The second-order valence-electron chi connectivity index (χ2n) is 11.1. The van der Waals surface area contributed by atoms with Gasteiger partial charge in [-0.3, -0.25) is 9.59 Å². The molecule has 232 valence electrons. The number of carbonyl (C=O) groups excluding carboxylic acids is 2. The van der Waals surface area contributed by atoms with Gasteiger partial charge in [0.2, 0.25) is 12.8 Å². The summed E-state index contributed by atoms with van der Waals surface area (Å²) in [7, 11) is 0. The molecule has 0 radical (unpaired) electrons. The largest absolute Gasteiger partial charge is 0.394 e. The summed E-state index contributed by atoms with van der Waals surface area (Å²) in [5.41, 5.74) is 1.70. The molecule has 0 saturated carbocycles.